The summed E-state index contributed by atoms with van der Waals surface area (Å²) in [5.41, 5.74) is 0. The van der Waals surface area contributed by atoms with Gasteiger partial charge in [-0.05, 0) is 32.1 Å². The van der Waals surface area contributed by atoms with Crippen molar-refractivity contribution in [3.05, 3.63) is 28.2 Å². The molecule has 4 heterocycles. The summed E-state index contributed by atoms with van der Waals surface area (Å²) in [5.74, 6) is 1.48. The molecule has 22 heavy (non-hydrogen) atoms. The van der Waals surface area contributed by atoms with Crippen LogP contribution in [0.2, 0.25) is 0 Å². The van der Waals surface area contributed by atoms with Crippen LogP contribution in [0.3, 0.4) is 0 Å². The summed E-state index contributed by atoms with van der Waals surface area (Å²) in [5, 5.41) is 11.4. The number of thiazole rings is 1. The van der Waals surface area contributed by atoms with Gasteiger partial charge in [0.25, 0.3) is 5.91 Å². The van der Waals surface area contributed by atoms with Crippen molar-refractivity contribution < 1.29 is 4.79 Å². The van der Waals surface area contributed by atoms with Gasteiger partial charge in [0, 0.05) is 31.1 Å². The zero-order chi connectivity index (χ0) is 14.9. The highest BCUT2D eigenvalue weighted by Crippen LogP contribution is 2.33. The van der Waals surface area contributed by atoms with Crippen LogP contribution in [0, 0.1) is 0 Å². The van der Waals surface area contributed by atoms with E-state index in [0.29, 0.717) is 5.82 Å². The van der Waals surface area contributed by atoms with Gasteiger partial charge < -0.3 is 9.47 Å². The lowest BCUT2D eigenvalue weighted by Gasteiger charge is -2.34. The second-order valence-electron chi connectivity index (χ2n) is 5.93. The topological polar surface area (TPSA) is 63.9 Å². The average Bonchev–Trinajstić information content (AvgIpc) is 3.24. The third-order valence-corrected chi connectivity index (χ3v) is 5.43. The van der Waals surface area contributed by atoms with Gasteiger partial charge in [-0.1, -0.05) is 0 Å². The SMILES string of the molecule is O=C(c1nnc2n1CCCC2)N1CCCCC1c1nccs1. The summed E-state index contributed by atoms with van der Waals surface area (Å²) in [6.45, 7) is 1.64. The number of carbonyl (C=O) groups is 1. The van der Waals surface area contributed by atoms with Crippen molar-refractivity contribution in [3.63, 3.8) is 0 Å². The minimum atomic E-state index is 0.0144. The zero-order valence-electron chi connectivity index (χ0n) is 12.4. The van der Waals surface area contributed by atoms with Crippen molar-refractivity contribution in [2.24, 2.45) is 0 Å². The highest BCUT2D eigenvalue weighted by atomic mass is 32.1. The minimum Gasteiger partial charge on any atom is -0.326 e. The molecule has 0 radical (unpaired) electrons. The fraction of sp³-hybridized carbons (Fsp3) is 0.600. The Balaban J connectivity index is 1.64. The number of carbonyl (C=O) groups excluding carboxylic acids is 1. The van der Waals surface area contributed by atoms with E-state index in [2.05, 4.69) is 15.2 Å². The van der Waals surface area contributed by atoms with E-state index >= 15 is 0 Å². The van der Waals surface area contributed by atoms with Crippen LogP contribution in [0.25, 0.3) is 0 Å². The zero-order valence-corrected chi connectivity index (χ0v) is 13.3. The van der Waals surface area contributed by atoms with Crippen LogP contribution in [0.4, 0.5) is 0 Å². The molecule has 1 amide bonds. The maximum absolute atomic E-state index is 13.0. The Morgan fingerprint density at radius 1 is 1.18 bits per heavy atom. The Hall–Kier alpha value is -1.76. The fourth-order valence-electron chi connectivity index (χ4n) is 3.43. The van der Waals surface area contributed by atoms with Crippen molar-refractivity contribution >= 4 is 17.2 Å². The number of nitrogens with zero attached hydrogens (tertiary/aromatic N) is 5. The lowest BCUT2D eigenvalue weighted by atomic mass is 10.0. The molecule has 0 aromatic carbocycles. The van der Waals surface area contributed by atoms with Crippen LogP contribution in [0.15, 0.2) is 11.6 Å². The highest BCUT2D eigenvalue weighted by molar-refractivity contribution is 7.09. The number of piperidine rings is 1. The molecule has 7 heteroatoms. The molecule has 6 nitrogen and oxygen atoms in total. The van der Waals surface area contributed by atoms with E-state index in [1.165, 1.54) is 0 Å². The monoisotopic (exact) mass is 317 g/mol. The first-order valence-electron chi connectivity index (χ1n) is 7.97. The van der Waals surface area contributed by atoms with Crippen LogP contribution < -0.4 is 0 Å². The number of rotatable bonds is 2. The van der Waals surface area contributed by atoms with Gasteiger partial charge in [0.15, 0.2) is 0 Å². The molecule has 0 saturated carbocycles. The number of amides is 1. The van der Waals surface area contributed by atoms with Crippen molar-refractivity contribution in [3.8, 4) is 0 Å². The molecular weight excluding hydrogens is 298 g/mol. The highest BCUT2D eigenvalue weighted by Gasteiger charge is 2.33. The standard InChI is InChI=1S/C15H19N5OS/c21-15(13-18-17-12-6-2-4-9-20(12)13)19-8-3-1-5-11(19)14-16-7-10-22-14/h7,10-11H,1-6,8-9H2. The predicted octanol–water partition coefficient (Wildman–Crippen LogP) is 2.44. The molecular formula is C15H19N5OS. The Morgan fingerprint density at radius 2 is 2.09 bits per heavy atom. The quantitative estimate of drug-likeness (QED) is 0.853. The number of hydrogen-bond acceptors (Lipinski definition) is 5. The normalized spacial score (nSPS) is 21.6. The van der Waals surface area contributed by atoms with Crippen LogP contribution in [-0.4, -0.2) is 37.1 Å². The largest absolute Gasteiger partial charge is 0.326 e. The van der Waals surface area contributed by atoms with Gasteiger partial charge in [0.1, 0.15) is 10.8 Å². The number of likely N-dealkylation sites (tertiary alicyclic amines) is 1. The molecule has 1 saturated heterocycles. The molecule has 0 spiro atoms. The van der Waals surface area contributed by atoms with Gasteiger partial charge in [-0.2, -0.15) is 0 Å². The van der Waals surface area contributed by atoms with Crippen LogP contribution in [-0.2, 0) is 13.0 Å². The maximum Gasteiger partial charge on any atom is 0.292 e. The van der Waals surface area contributed by atoms with Crippen molar-refractivity contribution in [2.45, 2.75) is 51.1 Å². The summed E-state index contributed by atoms with van der Waals surface area (Å²) in [7, 11) is 0. The van der Waals surface area contributed by atoms with Crippen LogP contribution in [0.5, 0.6) is 0 Å². The predicted molar refractivity (Wildman–Crippen MR) is 82.7 cm³/mol. The van der Waals surface area contributed by atoms with Gasteiger partial charge in [-0.25, -0.2) is 4.98 Å². The average molecular weight is 317 g/mol. The smallest absolute Gasteiger partial charge is 0.292 e. The van der Waals surface area contributed by atoms with E-state index in [1.807, 2.05) is 21.0 Å². The molecule has 1 atom stereocenters. The molecule has 2 aliphatic rings. The van der Waals surface area contributed by atoms with Gasteiger partial charge in [0.2, 0.25) is 5.82 Å². The first kappa shape index (κ1) is 13.9. The molecule has 2 aromatic rings. The van der Waals surface area contributed by atoms with Gasteiger partial charge in [-0.3, -0.25) is 4.79 Å². The van der Waals surface area contributed by atoms with E-state index in [4.69, 9.17) is 0 Å². The molecule has 4 rings (SSSR count). The Kier molecular flexibility index (Phi) is 3.65. The van der Waals surface area contributed by atoms with Gasteiger partial charge >= 0.3 is 0 Å². The van der Waals surface area contributed by atoms with E-state index in [-0.39, 0.29) is 11.9 Å². The molecule has 1 unspecified atom stereocenters. The van der Waals surface area contributed by atoms with Crippen molar-refractivity contribution in [1.82, 2.24) is 24.6 Å². The number of fused-ring (bicyclic) bond motifs is 1. The van der Waals surface area contributed by atoms with Gasteiger partial charge in [-0.15, -0.1) is 21.5 Å². The maximum atomic E-state index is 13.0. The molecule has 0 bridgehead atoms. The Morgan fingerprint density at radius 3 is 2.95 bits per heavy atom. The van der Waals surface area contributed by atoms with Crippen LogP contribution in [0.1, 0.15) is 59.6 Å². The van der Waals surface area contributed by atoms with E-state index < -0.39 is 0 Å². The summed E-state index contributed by atoms with van der Waals surface area (Å²) in [6.07, 6.45) is 8.16. The summed E-state index contributed by atoms with van der Waals surface area (Å²) >= 11 is 1.63. The number of aryl methyl sites for hydroxylation is 1. The lowest BCUT2D eigenvalue weighted by molar-refractivity contribution is 0.0591. The second kappa shape index (κ2) is 5.79. The first-order chi connectivity index (χ1) is 10.8. The van der Waals surface area contributed by atoms with E-state index in [9.17, 15) is 4.79 Å². The van der Waals surface area contributed by atoms with E-state index in [0.717, 1.165) is 62.4 Å². The number of hydrogen-bond donors (Lipinski definition) is 0. The molecule has 116 valence electrons. The second-order valence-corrected chi connectivity index (χ2v) is 6.86. The summed E-state index contributed by atoms with van der Waals surface area (Å²) < 4.78 is 2.01. The minimum absolute atomic E-state index is 0.0144. The lowest BCUT2D eigenvalue weighted by Crippen LogP contribution is -2.40. The fourth-order valence-corrected chi connectivity index (χ4v) is 4.21. The molecule has 0 N–H and O–H groups in total. The van der Waals surface area contributed by atoms with Crippen LogP contribution >= 0.6 is 11.3 Å². The van der Waals surface area contributed by atoms with Crippen molar-refractivity contribution in [1.29, 1.82) is 0 Å². The first-order valence-corrected chi connectivity index (χ1v) is 8.85. The third-order valence-electron chi connectivity index (χ3n) is 4.55. The van der Waals surface area contributed by atoms with Crippen molar-refractivity contribution in [2.75, 3.05) is 6.54 Å². The number of aromatic nitrogens is 4. The van der Waals surface area contributed by atoms with Gasteiger partial charge in [0.05, 0.1) is 6.04 Å². The van der Waals surface area contributed by atoms with E-state index in [1.54, 1.807) is 11.3 Å². The molecule has 2 aliphatic heterocycles. The molecule has 1 fully saturated rings. The molecule has 0 aliphatic carbocycles. The molecule has 2 aromatic heterocycles. The third kappa shape index (κ3) is 2.33. The summed E-state index contributed by atoms with van der Waals surface area (Å²) in [4.78, 5) is 19.4. The summed E-state index contributed by atoms with van der Waals surface area (Å²) in [6, 6.07) is 0.0952. The Labute approximate surface area is 133 Å². The Bertz CT molecular complexity index is 666.